The van der Waals surface area contributed by atoms with Crippen LogP contribution in [-0.2, 0) is 16.0 Å². The molecule has 0 saturated heterocycles. The van der Waals surface area contributed by atoms with Gasteiger partial charge in [0.05, 0.1) is 19.1 Å². The molecule has 1 atom stereocenters. The maximum atomic E-state index is 13.4. The second kappa shape index (κ2) is 8.22. The van der Waals surface area contributed by atoms with Crippen molar-refractivity contribution in [2.45, 2.75) is 18.9 Å². The van der Waals surface area contributed by atoms with Crippen LogP contribution in [0.1, 0.15) is 12.0 Å². The average Bonchev–Trinajstić information content (AvgIpc) is 2.33. The van der Waals surface area contributed by atoms with Crippen LogP contribution in [0.25, 0.3) is 0 Å². The lowest BCUT2D eigenvalue weighted by Gasteiger charge is -2.16. The van der Waals surface area contributed by atoms with Crippen LogP contribution in [0.15, 0.2) is 18.2 Å². The fraction of sp³-hybridized carbons (Fsp3) is 0.462. The lowest BCUT2D eigenvalue weighted by molar-refractivity contribution is -0.121. The van der Waals surface area contributed by atoms with Crippen LogP contribution in [0.4, 0.5) is 8.78 Å². The van der Waals surface area contributed by atoms with Crippen LogP contribution in [0.2, 0.25) is 0 Å². The molecule has 0 aromatic heterocycles. The number of carbonyl (C=O) groups is 1. The zero-order chi connectivity index (χ0) is 14.3. The standard InChI is InChI=1S/C13H16BrF2NO2/c1-19-8-11(4-5-14)17-13(18)6-9-2-3-10(15)7-12(9)16/h2-3,7,11H,4-6,8H2,1H3,(H,17,18). The molecule has 0 bridgehead atoms. The van der Waals surface area contributed by atoms with Crippen molar-refractivity contribution in [2.75, 3.05) is 19.0 Å². The third-order valence-electron chi connectivity index (χ3n) is 2.56. The summed E-state index contributed by atoms with van der Waals surface area (Å²) in [5.74, 6) is -1.68. The van der Waals surface area contributed by atoms with Gasteiger partial charge < -0.3 is 10.1 Å². The van der Waals surface area contributed by atoms with E-state index < -0.39 is 11.6 Å². The molecule has 106 valence electrons. The number of alkyl halides is 1. The van der Waals surface area contributed by atoms with Gasteiger partial charge in [0, 0.05) is 18.5 Å². The lowest BCUT2D eigenvalue weighted by Crippen LogP contribution is -2.39. The fourth-order valence-electron chi connectivity index (χ4n) is 1.65. The van der Waals surface area contributed by atoms with E-state index >= 15 is 0 Å². The molecule has 0 aliphatic rings. The summed E-state index contributed by atoms with van der Waals surface area (Å²) in [6, 6.07) is 3.06. The molecule has 1 N–H and O–H groups in total. The zero-order valence-corrected chi connectivity index (χ0v) is 12.2. The van der Waals surface area contributed by atoms with Crippen LogP contribution in [-0.4, -0.2) is 31.0 Å². The minimum Gasteiger partial charge on any atom is -0.383 e. The maximum Gasteiger partial charge on any atom is 0.224 e. The predicted octanol–water partition coefficient (Wildman–Crippen LogP) is 2.42. The lowest BCUT2D eigenvalue weighted by atomic mass is 10.1. The molecule has 0 aliphatic heterocycles. The monoisotopic (exact) mass is 335 g/mol. The fourth-order valence-corrected chi connectivity index (χ4v) is 2.20. The molecule has 3 nitrogen and oxygen atoms in total. The van der Waals surface area contributed by atoms with Gasteiger partial charge in [-0.1, -0.05) is 22.0 Å². The highest BCUT2D eigenvalue weighted by Crippen LogP contribution is 2.10. The van der Waals surface area contributed by atoms with E-state index in [1.807, 2.05) is 0 Å². The maximum absolute atomic E-state index is 13.4. The average molecular weight is 336 g/mol. The zero-order valence-electron chi connectivity index (χ0n) is 10.6. The number of hydrogen-bond donors (Lipinski definition) is 1. The quantitative estimate of drug-likeness (QED) is 0.777. The van der Waals surface area contributed by atoms with Gasteiger partial charge in [-0.2, -0.15) is 0 Å². The number of ether oxygens (including phenoxy) is 1. The highest BCUT2D eigenvalue weighted by Gasteiger charge is 2.14. The molecule has 0 saturated carbocycles. The Labute approximate surface area is 119 Å². The molecule has 1 aromatic carbocycles. The Hall–Kier alpha value is -1.01. The molecule has 1 unspecified atom stereocenters. The first-order valence-corrected chi connectivity index (χ1v) is 6.97. The molecule has 1 rings (SSSR count). The van der Waals surface area contributed by atoms with Crippen molar-refractivity contribution in [3.63, 3.8) is 0 Å². The predicted molar refractivity (Wildman–Crippen MR) is 72.3 cm³/mol. The molecule has 0 radical (unpaired) electrons. The molecule has 0 aliphatic carbocycles. The molecule has 1 aromatic rings. The number of amides is 1. The number of carbonyl (C=O) groups excluding carboxylic acids is 1. The Kier molecular flexibility index (Phi) is 6.94. The first-order chi connectivity index (χ1) is 9.06. The number of rotatable bonds is 7. The van der Waals surface area contributed by atoms with E-state index in [4.69, 9.17) is 4.74 Å². The number of hydrogen-bond acceptors (Lipinski definition) is 2. The normalized spacial score (nSPS) is 12.2. The minimum atomic E-state index is -0.709. The molecule has 0 heterocycles. The van der Waals surface area contributed by atoms with E-state index in [0.29, 0.717) is 13.0 Å². The Balaban J connectivity index is 2.58. The summed E-state index contributed by atoms with van der Waals surface area (Å²) in [7, 11) is 1.55. The Morgan fingerprint density at radius 1 is 1.47 bits per heavy atom. The van der Waals surface area contributed by atoms with Crippen molar-refractivity contribution in [3.8, 4) is 0 Å². The van der Waals surface area contributed by atoms with E-state index in [9.17, 15) is 13.6 Å². The summed E-state index contributed by atoms with van der Waals surface area (Å²) in [6.45, 7) is 0.392. The molecule has 19 heavy (non-hydrogen) atoms. The van der Waals surface area contributed by atoms with Gasteiger partial charge in [0.15, 0.2) is 0 Å². The number of benzene rings is 1. The second-order valence-electron chi connectivity index (χ2n) is 4.11. The first-order valence-electron chi connectivity index (χ1n) is 5.85. The Bertz CT molecular complexity index is 423. The number of methoxy groups -OCH3 is 1. The summed E-state index contributed by atoms with van der Waals surface area (Å²) in [5, 5.41) is 3.48. The SMILES string of the molecule is COCC(CCBr)NC(=O)Cc1ccc(F)cc1F. The van der Waals surface area contributed by atoms with Crippen LogP contribution in [0.5, 0.6) is 0 Å². The van der Waals surface area contributed by atoms with Crippen molar-refractivity contribution in [1.82, 2.24) is 5.32 Å². The Morgan fingerprint density at radius 3 is 2.79 bits per heavy atom. The van der Waals surface area contributed by atoms with Crippen molar-refractivity contribution in [1.29, 1.82) is 0 Å². The molecule has 1 amide bonds. The molecule has 0 spiro atoms. The largest absolute Gasteiger partial charge is 0.383 e. The van der Waals surface area contributed by atoms with Gasteiger partial charge in [0.2, 0.25) is 5.91 Å². The van der Waals surface area contributed by atoms with E-state index in [1.165, 1.54) is 6.07 Å². The van der Waals surface area contributed by atoms with Crippen LogP contribution in [0.3, 0.4) is 0 Å². The van der Waals surface area contributed by atoms with Gasteiger partial charge in [-0.05, 0) is 18.1 Å². The topological polar surface area (TPSA) is 38.3 Å². The van der Waals surface area contributed by atoms with Crippen LogP contribution >= 0.6 is 15.9 Å². The highest BCUT2D eigenvalue weighted by molar-refractivity contribution is 9.09. The van der Waals surface area contributed by atoms with Gasteiger partial charge in [-0.3, -0.25) is 4.79 Å². The third kappa shape index (κ3) is 5.65. The van der Waals surface area contributed by atoms with E-state index in [-0.39, 0.29) is 23.9 Å². The van der Waals surface area contributed by atoms with Crippen LogP contribution < -0.4 is 5.32 Å². The molecular formula is C13H16BrF2NO2. The van der Waals surface area contributed by atoms with Gasteiger partial charge in [-0.25, -0.2) is 8.78 Å². The van der Waals surface area contributed by atoms with Crippen molar-refractivity contribution >= 4 is 21.8 Å². The third-order valence-corrected chi connectivity index (χ3v) is 3.01. The number of nitrogens with one attached hydrogen (secondary N) is 1. The minimum absolute atomic E-state index is 0.116. The van der Waals surface area contributed by atoms with Crippen molar-refractivity contribution in [3.05, 3.63) is 35.4 Å². The molecule has 6 heteroatoms. The van der Waals surface area contributed by atoms with Gasteiger partial charge >= 0.3 is 0 Å². The summed E-state index contributed by atoms with van der Waals surface area (Å²) >= 11 is 3.29. The van der Waals surface area contributed by atoms with Gasteiger partial charge in [0.1, 0.15) is 11.6 Å². The summed E-state index contributed by atoms with van der Waals surface area (Å²) < 4.78 is 31.1. The number of halogens is 3. The Morgan fingerprint density at radius 2 is 2.21 bits per heavy atom. The van der Waals surface area contributed by atoms with Crippen molar-refractivity contribution in [2.24, 2.45) is 0 Å². The van der Waals surface area contributed by atoms with E-state index in [1.54, 1.807) is 7.11 Å². The van der Waals surface area contributed by atoms with Gasteiger partial charge in [-0.15, -0.1) is 0 Å². The second-order valence-corrected chi connectivity index (χ2v) is 4.90. The summed E-state index contributed by atoms with van der Waals surface area (Å²) in [6.07, 6.45) is 0.597. The first kappa shape index (κ1) is 16.0. The highest BCUT2D eigenvalue weighted by atomic mass is 79.9. The van der Waals surface area contributed by atoms with E-state index in [2.05, 4.69) is 21.2 Å². The summed E-state index contributed by atoms with van der Waals surface area (Å²) in [5.41, 5.74) is 0.175. The summed E-state index contributed by atoms with van der Waals surface area (Å²) in [4.78, 5) is 11.8. The van der Waals surface area contributed by atoms with Crippen LogP contribution in [0, 0.1) is 11.6 Å². The smallest absolute Gasteiger partial charge is 0.224 e. The molecule has 0 fully saturated rings. The molecular weight excluding hydrogens is 320 g/mol. The van der Waals surface area contributed by atoms with Gasteiger partial charge in [0.25, 0.3) is 0 Å². The van der Waals surface area contributed by atoms with Crippen molar-refractivity contribution < 1.29 is 18.3 Å². The van der Waals surface area contributed by atoms with E-state index in [0.717, 1.165) is 17.5 Å².